The fourth-order valence-electron chi connectivity index (χ4n) is 2.23. The molecule has 1 aliphatic heterocycles. The number of fused-ring (bicyclic) bond motifs is 1. The topological polar surface area (TPSA) is 55.9 Å². The first kappa shape index (κ1) is 12.4. The number of rotatable bonds is 1. The highest BCUT2D eigenvalue weighted by Gasteiger charge is 2.25. The Morgan fingerprint density at radius 1 is 1.53 bits per heavy atom. The second-order valence-electron chi connectivity index (χ2n) is 4.23. The quantitative estimate of drug-likeness (QED) is 0.794. The van der Waals surface area contributed by atoms with E-state index in [4.69, 9.17) is 29.6 Å². The molecule has 2 heterocycles. The van der Waals surface area contributed by atoms with Crippen molar-refractivity contribution >= 4 is 34.7 Å². The summed E-state index contributed by atoms with van der Waals surface area (Å²) in [5.74, 6) is 0.417. The fourth-order valence-corrected chi connectivity index (χ4v) is 2.62. The molecule has 0 aliphatic carbocycles. The van der Waals surface area contributed by atoms with Crippen LogP contribution in [-0.4, -0.2) is 21.4 Å². The van der Waals surface area contributed by atoms with Gasteiger partial charge in [0.15, 0.2) is 5.11 Å². The van der Waals surface area contributed by atoms with E-state index in [2.05, 4.69) is 10.4 Å². The third-order valence-electron chi connectivity index (χ3n) is 3.05. The van der Waals surface area contributed by atoms with E-state index >= 15 is 0 Å². The van der Waals surface area contributed by atoms with Crippen LogP contribution in [-0.2, 0) is 6.42 Å². The standard InChI is InChI=1S/C12H10ClFN4S/c13-9-5-6(14)1-2-7(9)10-8-3-4-16-11(8)18(17-10)12(15)19/h1-2,5,16H,3-4H2,(H2,15,19). The van der Waals surface area contributed by atoms with Crippen molar-refractivity contribution in [3.8, 4) is 11.3 Å². The van der Waals surface area contributed by atoms with E-state index in [1.165, 1.54) is 16.8 Å². The van der Waals surface area contributed by atoms with Crippen molar-refractivity contribution in [1.29, 1.82) is 0 Å². The van der Waals surface area contributed by atoms with Gasteiger partial charge in [-0.3, -0.25) is 0 Å². The zero-order chi connectivity index (χ0) is 13.6. The van der Waals surface area contributed by atoms with Gasteiger partial charge in [0.05, 0.1) is 10.7 Å². The van der Waals surface area contributed by atoms with E-state index in [0.717, 1.165) is 24.3 Å². The van der Waals surface area contributed by atoms with E-state index in [0.29, 0.717) is 16.3 Å². The molecule has 19 heavy (non-hydrogen) atoms. The summed E-state index contributed by atoms with van der Waals surface area (Å²) in [7, 11) is 0. The number of anilines is 1. The van der Waals surface area contributed by atoms with Gasteiger partial charge < -0.3 is 11.1 Å². The number of hydrogen-bond donors (Lipinski definition) is 2. The van der Waals surface area contributed by atoms with Crippen LogP contribution in [0.15, 0.2) is 18.2 Å². The lowest BCUT2D eigenvalue weighted by molar-refractivity contribution is 0.628. The number of benzene rings is 1. The molecular formula is C12H10ClFN4S. The first-order valence-corrected chi connectivity index (χ1v) is 6.47. The summed E-state index contributed by atoms with van der Waals surface area (Å²) >= 11 is 11.0. The van der Waals surface area contributed by atoms with Crippen LogP contribution >= 0.6 is 23.8 Å². The fraction of sp³-hybridized carbons (Fsp3) is 0.167. The highest BCUT2D eigenvalue weighted by molar-refractivity contribution is 7.80. The highest BCUT2D eigenvalue weighted by atomic mass is 35.5. The average Bonchev–Trinajstić information content (AvgIpc) is 2.90. The first-order valence-electron chi connectivity index (χ1n) is 5.69. The van der Waals surface area contributed by atoms with Gasteiger partial charge in [0.25, 0.3) is 0 Å². The van der Waals surface area contributed by atoms with Gasteiger partial charge in [-0.1, -0.05) is 11.6 Å². The third-order valence-corrected chi connectivity index (χ3v) is 3.53. The summed E-state index contributed by atoms with van der Waals surface area (Å²) < 4.78 is 14.6. The lowest BCUT2D eigenvalue weighted by Crippen LogP contribution is -2.22. The predicted molar refractivity (Wildman–Crippen MR) is 77.0 cm³/mol. The zero-order valence-electron chi connectivity index (χ0n) is 9.78. The second-order valence-corrected chi connectivity index (χ2v) is 5.05. The van der Waals surface area contributed by atoms with Gasteiger partial charge in [-0.25, -0.2) is 4.39 Å². The Labute approximate surface area is 119 Å². The highest BCUT2D eigenvalue weighted by Crippen LogP contribution is 2.36. The van der Waals surface area contributed by atoms with E-state index in [-0.39, 0.29) is 10.9 Å². The molecule has 0 fully saturated rings. The average molecular weight is 297 g/mol. The normalized spacial score (nSPS) is 13.2. The minimum Gasteiger partial charge on any atom is -0.374 e. The Morgan fingerprint density at radius 3 is 3.00 bits per heavy atom. The monoisotopic (exact) mass is 296 g/mol. The largest absolute Gasteiger partial charge is 0.374 e. The van der Waals surface area contributed by atoms with Crippen LogP contribution in [0.1, 0.15) is 5.56 Å². The van der Waals surface area contributed by atoms with Gasteiger partial charge in [0.2, 0.25) is 0 Å². The van der Waals surface area contributed by atoms with Crippen molar-refractivity contribution in [2.24, 2.45) is 5.73 Å². The molecule has 3 N–H and O–H groups in total. The van der Waals surface area contributed by atoms with Crippen LogP contribution in [0.4, 0.5) is 10.2 Å². The van der Waals surface area contributed by atoms with E-state index in [1.54, 1.807) is 6.07 Å². The summed E-state index contributed by atoms with van der Waals surface area (Å²) in [5, 5.41) is 8.04. The minimum atomic E-state index is -0.378. The predicted octanol–water partition coefficient (Wildman–Crippen LogP) is 2.40. The van der Waals surface area contributed by atoms with Gasteiger partial charge in [0, 0.05) is 17.7 Å². The van der Waals surface area contributed by atoms with Crippen LogP contribution < -0.4 is 11.1 Å². The third kappa shape index (κ3) is 1.97. The number of halogens is 2. The Hall–Kier alpha value is -1.66. The zero-order valence-corrected chi connectivity index (χ0v) is 11.4. The van der Waals surface area contributed by atoms with Crippen LogP contribution in [0.5, 0.6) is 0 Å². The van der Waals surface area contributed by atoms with Crippen molar-refractivity contribution in [1.82, 2.24) is 9.78 Å². The first-order chi connectivity index (χ1) is 9.08. The summed E-state index contributed by atoms with van der Waals surface area (Å²) in [6.45, 7) is 0.793. The molecule has 0 amide bonds. The molecule has 4 nitrogen and oxygen atoms in total. The molecule has 1 aromatic carbocycles. The van der Waals surface area contributed by atoms with Crippen molar-refractivity contribution in [3.63, 3.8) is 0 Å². The molecule has 2 aromatic rings. The van der Waals surface area contributed by atoms with Gasteiger partial charge in [-0.15, -0.1) is 0 Å². The molecule has 0 saturated carbocycles. The van der Waals surface area contributed by atoms with E-state index in [1.807, 2.05) is 0 Å². The molecule has 98 valence electrons. The number of hydrogen-bond acceptors (Lipinski definition) is 3. The molecule has 0 atom stereocenters. The van der Waals surface area contributed by atoms with Crippen molar-refractivity contribution < 1.29 is 4.39 Å². The summed E-state index contributed by atoms with van der Waals surface area (Å²) in [6, 6.07) is 4.24. The minimum absolute atomic E-state index is 0.162. The van der Waals surface area contributed by atoms with Gasteiger partial charge >= 0.3 is 0 Å². The number of nitrogens with one attached hydrogen (secondary N) is 1. The summed E-state index contributed by atoms with van der Waals surface area (Å²) in [6.07, 6.45) is 0.807. The molecule has 0 radical (unpaired) electrons. The Bertz CT molecular complexity index is 683. The number of aromatic nitrogens is 2. The molecule has 0 spiro atoms. The maximum absolute atomic E-state index is 13.1. The van der Waals surface area contributed by atoms with Gasteiger partial charge in [-0.05, 0) is 36.8 Å². The van der Waals surface area contributed by atoms with Crippen molar-refractivity contribution in [2.75, 3.05) is 11.9 Å². The van der Waals surface area contributed by atoms with Crippen LogP contribution in [0.2, 0.25) is 5.02 Å². The molecule has 1 aliphatic rings. The Balaban J connectivity index is 2.21. The molecular weight excluding hydrogens is 287 g/mol. The van der Waals surface area contributed by atoms with E-state index in [9.17, 15) is 4.39 Å². The molecule has 0 saturated heterocycles. The maximum atomic E-state index is 13.1. The number of nitrogens with two attached hydrogens (primary N) is 1. The van der Waals surface area contributed by atoms with Crippen LogP contribution in [0.25, 0.3) is 11.3 Å². The van der Waals surface area contributed by atoms with E-state index < -0.39 is 0 Å². The van der Waals surface area contributed by atoms with Gasteiger partial charge in [0.1, 0.15) is 11.6 Å². The Morgan fingerprint density at radius 2 is 2.32 bits per heavy atom. The number of thiocarbonyl (C=S) groups is 1. The molecule has 3 rings (SSSR count). The van der Waals surface area contributed by atoms with Crippen LogP contribution in [0, 0.1) is 5.82 Å². The molecule has 1 aromatic heterocycles. The SMILES string of the molecule is NC(=S)n1nc(-c2ccc(F)cc2Cl)c2c1NCC2. The maximum Gasteiger partial charge on any atom is 0.193 e. The molecule has 7 heteroatoms. The Kier molecular flexibility index (Phi) is 2.91. The number of nitrogens with zero attached hydrogens (tertiary/aromatic N) is 2. The van der Waals surface area contributed by atoms with Crippen molar-refractivity contribution in [3.05, 3.63) is 34.6 Å². The lowest BCUT2D eigenvalue weighted by atomic mass is 10.1. The smallest absolute Gasteiger partial charge is 0.193 e. The van der Waals surface area contributed by atoms with Crippen molar-refractivity contribution in [2.45, 2.75) is 6.42 Å². The molecule has 0 bridgehead atoms. The van der Waals surface area contributed by atoms with Crippen LogP contribution in [0.3, 0.4) is 0 Å². The molecule has 0 unspecified atom stereocenters. The van der Waals surface area contributed by atoms with Gasteiger partial charge in [-0.2, -0.15) is 9.78 Å². The second kappa shape index (κ2) is 4.47. The summed E-state index contributed by atoms with van der Waals surface area (Å²) in [4.78, 5) is 0. The summed E-state index contributed by atoms with van der Waals surface area (Å²) in [5.41, 5.74) is 8.01. The lowest BCUT2D eigenvalue weighted by Gasteiger charge is -2.03.